The van der Waals surface area contributed by atoms with Gasteiger partial charge in [0.25, 0.3) is 5.91 Å². The van der Waals surface area contributed by atoms with Crippen LogP contribution in [-0.2, 0) is 11.2 Å². The van der Waals surface area contributed by atoms with Crippen LogP contribution < -0.4 is 20.5 Å². The number of ether oxygens (including phenoxy) is 2. The van der Waals surface area contributed by atoms with E-state index in [-0.39, 0.29) is 18.6 Å². The van der Waals surface area contributed by atoms with Crippen molar-refractivity contribution in [2.75, 3.05) is 18.5 Å². The first-order valence-corrected chi connectivity index (χ1v) is 9.02. The molecule has 1 unspecified atom stereocenters. The van der Waals surface area contributed by atoms with Crippen molar-refractivity contribution in [2.45, 2.75) is 39.7 Å². The van der Waals surface area contributed by atoms with Gasteiger partial charge in [0.1, 0.15) is 0 Å². The Balaban J connectivity index is 1.99. The summed E-state index contributed by atoms with van der Waals surface area (Å²) in [6.07, 6.45) is 1.70. The summed E-state index contributed by atoms with van der Waals surface area (Å²) < 4.78 is 11.3. The lowest BCUT2D eigenvalue weighted by molar-refractivity contribution is -0.118. The fraction of sp³-hybridized carbons (Fsp3) is 0.381. The molecule has 3 N–H and O–H groups in total. The van der Waals surface area contributed by atoms with Crippen LogP contribution >= 0.6 is 0 Å². The largest absolute Gasteiger partial charge is 0.490 e. The predicted molar refractivity (Wildman–Crippen MR) is 105 cm³/mol. The second-order valence-electron chi connectivity index (χ2n) is 6.29. The Bertz CT molecular complexity index is 731. The van der Waals surface area contributed by atoms with Crippen LogP contribution in [0, 0.1) is 6.92 Å². The first-order chi connectivity index (χ1) is 12.5. The molecule has 5 nitrogen and oxygen atoms in total. The monoisotopic (exact) mass is 356 g/mol. The molecule has 0 aliphatic carbocycles. The average molecular weight is 356 g/mol. The van der Waals surface area contributed by atoms with Gasteiger partial charge in [-0.1, -0.05) is 25.1 Å². The molecule has 0 spiro atoms. The number of amides is 1. The fourth-order valence-electron chi connectivity index (χ4n) is 2.58. The highest BCUT2D eigenvalue weighted by atomic mass is 16.5. The molecule has 0 aromatic heterocycles. The van der Waals surface area contributed by atoms with Gasteiger partial charge in [-0.05, 0) is 62.1 Å². The van der Waals surface area contributed by atoms with Crippen molar-refractivity contribution >= 4 is 11.6 Å². The molecule has 0 saturated heterocycles. The zero-order chi connectivity index (χ0) is 18.9. The van der Waals surface area contributed by atoms with Gasteiger partial charge in [-0.15, -0.1) is 0 Å². The van der Waals surface area contributed by atoms with Crippen molar-refractivity contribution in [3.8, 4) is 11.5 Å². The van der Waals surface area contributed by atoms with Crippen LogP contribution in [0.4, 0.5) is 5.69 Å². The highest BCUT2D eigenvalue weighted by molar-refractivity contribution is 5.91. The number of aryl methyl sites for hydroxylation is 1. The van der Waals surface area contributed by atoms with Gasteiger partial charge in [-0.3, -0.25) is 4.79 Å². The van der Waals surface area contributed by atoms with Crippen LogP contribution in [0.5, 0.6) is 11.5 Å². The summed E-state index contributed by atoms with van der Waals surface area (Å²) in [7, 11) is 0. The van der Waals surface area contributed by atoms with E-state index >= 15 is 0 Å². The summed E-state index contributed by atoms with van der Waals surface area (Å²) in [5.41, 5.74) is 8.96. The lowest BCUT2D eigenvalue weighted by atomic mass is 10.0. The van der Waals surface area contributed by atoms with E-state index in [2.05, 4.69) is 12.2 Å². The molecule has 2 aromatic carbocycles. The molecule has 5 heteroatoms. The fourth-order valence-corrected chi connectivity index (χ4v) is 2.58. The van der Waals surface area contributed by atoms with E-state index in [1.54, 1.807) is 0 Å². The Morgan fingerprint density at radius 2 is 1.92 bits per heavy atom. The molecule has 26 heavy (non-hydrogen) atoms. The van der Waals surface area contributed by atoms with Gasteiger partial charge in [0.15, 0.2) is 18.1 Å². The zero-order valence-electron chi connectivity index (χ0n) is 15.7. The number of nitrogens with two attached hydrogens (primary N) is 1. The summed E-state index contributed by atoms with van der Waals surface area (Å²) >= 11 is 0. The molecular formula is C21H28N2O3. The first-order valence-electron chi connectivity index (χ1n) is 9.02. The molecule has 0 bridgehead atoms. The summed E-state index contributed by atoms with van der Waals surface area (Å²) in [5.74, 6) is 0.979. The predicted octanol–water partition coefficient (Wildman–Crippen LogP) is 3.69. The molecule has 0 aliphatic heterocycles. The molecule has 0 saturated carbocycles. The Labute approximate surface area is 155 Å². The van der Waals surface area contributed by atoms with Crippen LogP contribution in [-0.4, -0.2) is 25.2 Å². The number of anilines is 1. The molecule has 0 aliphatic rings. The van der Waals surface area contributed by atoms with Crippen LogP contribution in [0.15, 0.2) is 42.5 Å². The Morgan fingerprint density at radius 3 is 2.62 bits per heavy atom. The molecule has 140 valence electrons. The van der Waals surface area contributed by atoms with E-state index in [9.17, 15) is 4.79 Å². The lowest BCUT2D eigenvalue weighted by Crippen LogP contribution is -2.21. The SMILES string of the molecule is CCOc1cc(CC(N)CC)ccc1OCC(=O)Nc1cccc(C)c1. The van der Waals surface area contributed by atoms with Crippen LogP contribution in [0.1, 0.15) is 31.4 Å². The van der Waals surface area contributed by atoms with Gasteiger partial charge >= 0.3 is 0 Å². The highest BCUT2D eigenvalue weighted by Gasteiger charge is 2.11. The maximum absolute atomic E-state index is 12.1. The molecular weight excluding hydrogens is 328 g/mol. The quantitative estimate of drug-likeness (QED) is 0.719. The summed E-state index contributed by atoms with van der Waals surface area (Å²) in [4.78, 5) is 12.1. The molecule has 0 heterocycles. The van der Waals surface area contributed by atoms with Gasteiger partial charge < -0.3 is 20.5 Å². The number of benzene rings is 2. The van der Waals surface area contributed by atoms with Crippen molar-refractivity contribution < 1.29 is 14.3 Å². The number of carbonyl (C=O) groups excluding carboxylic acids is 1. The van der Waals surface area contributed by atoms with Crippen LogP contribution in [0.3, 0.4) is 0 Å². The van der Waals surface area contributed by atoms with Crippen molar-refractivity contribution in [1.82, 2.24) is 0 Å². The van der Waals surface area contributed by atoms with Crippen molar-refractivity contribution in [1.29, 1.82) is 0 Å². The van der Waals surface area contributed by atoms with Crippen LogP contribution in [0.2, 0.25) is 0 Å². The number of carbonyl (C=O) groups is 1. The Hall–Kier alpha value is -2.53. The second-order valence-corrected chi connectivity index (χ2v) is 6.29. The maximum Gasteiger partial charge on any atom is 0.262 e. The van der Waals surface area contributed by atoms with E-state index in [0.717, 1.165) is 29.7 Å². The van der Waals surface area contributed by atoms with E-state index in [0.29, 0.717) is 18.1 Å². The third-order valence-corrected chi connectivity index (χ3v) is 3.99. The third kappa shape index (κ3) is 6.08. The molecule has 2 aromatic rings. The molecule has 2 rings (SSSR count). The minimum Gasteiger partial charge on any atom is -0.490 e. The molecule has 1 atom stereocenters. The average Bonchev–Trinajstić information content (AvgIpc) is 2.61. The summed E-state index contributed by atoms with van der Waals surface area (Å²) in [5, 5.41) is 2.83. The normalized spacial score (nSPS) is 11.7. The van der Waals surface area contributed by atoms with Gasteiger partial charge in [0.2, 0.25) is 0 Å². The number of hydrogen-bond acceptors (Lipinski definition) is 4. The lowest BCUT2D eigenvalue weighted by Gasteiger charge is -2.15. The van der Waals surface area contributed by atoms with Crippen LogP contribution in [0.25, 0.3) is 0 Å². The summed E-state index contributed by atoms with van der Waals surface area (Å²) in [6.45, 7) is 6.40. The van der Waals surface area contributed by atoms with Gasteiger partial charge in [-0.25, -0.2) is 0 Å². The van der Waals surface area contributed by atoms with Crippen molar-refractivity contribution in [2.24, 2.45) is 5.73 Å². The van der Waals surface area contributed by atoms with Gasteiger partial charge in [0.05, 0.1) is 6.61 Å². The molecule has 0 fully saturated rings. The van der Waals surface area contributed by atoms with E-state index in [1.807, 2.05) is 56.3 Å². The second kappa shape index (κ2) is 9.82. The topological polar surface area (TPSA) is 73.6 Å². The Kier molecular flexibility index (Phi) is 7.48. The van der Waals surface area contributed by atoms with Gasteiger partial charge in [-0.2, -0.15) is 0 Å². The molecule has 1 amide bonds. The minimum atomic E-state index is -0.213. The maximum atomic E-state index is 12.1. The number of nitrogens with one attached hydrogen (secondary N) is 1. The standard InChI is InChI=1S/C21H28N2O3/c1-4-17(22)12-16-9-10-19(20(13-16)25-5-2)26-14-21(24)23-18-8-6-7-15(3)11-18/h6-11,13,17H,4-5,12,14,22H2,1-3H3,(H,23,24). The van der Waals surface area contributed by atoms with E-state index in [1.165, 1.54) is 0 Å². The first kappa shape index (κ1) is 19.8. The molecule has 0 radical (unpaired) electrons. The number of rotatable bonds is 9. The van der Waals surface area contributed by atoms with E-state index < -0.39 is 0 Å². The number of hydrogen-bond donors (Lipinski definition) is 2. The van der Waals surface area contributed by atoms with Crippen molar-refractivity contribution in [3.05, 3.63) is 53.6 Å². The van der Waals surface area contributed by atoms with Gasteiger partial charge in [0, 0.05) is 11.7 Å². The highest BCUT2D eigenvalue weighted by Crippen LogP contribution is 2.29. The van der Waals surface area contributed by atoms with Crippen molar-refractivity contribution in [3.63, 3.8) is 0 Å². The Morgan fingerprint density at radius 1 is 1.12 bits per heavy atom. The summed E-state index contributed by atoms with van der Waals surface area (Å²) in [6, 6.07) is 13.5. The third-order valence-electron chi connectivity index (χ3n) is 3.99. The van der Waals surface area contributed by atoms with E-state index in [4.69, 9.17) is 15.2 Å². The zero-order valence-corrected chi connectivity index (χ0v) is 15.7. The smallest absolute Gasteiger partial charge is 0.262 e. The minimum absolute atomic E-state index is 0.0815.